The van der Waals surface area contributed by atoms with Gasteiger partial charge in [-0.15, -0.1) is 0 Å². The fraction of sp³-hybridized carbons (Fsp3) is 0.200. The quantitative estimate of drug-likeness (QED) is 0.106. The molecule has 0 aliphatic carbocycles. The maximum absolute atomic E-state index is 12.9. The van der Waals surface area contributed by atoms with E-state index in [0.717, 1.165) is 55.6 Å². The van der Waals surface area contributed by atoms with Crippen molar-refractivity contribution in [3.05, 3.63) is 191 Å². The molecule has 0 radical (unpaired) electrons. The van der Waals surface area contributed by atoms with Gasteiger partial charge in [0.05, 0.1) is 52.5 Å². The number of rotatable bonds is 14. The van der Waals surface area contributed by atoms with Crippen molar-refractivity contribution >= 4 is 23.6 Å². The van der Waals surface area contributed by atoms with Gasteiger partial charge in [0, 0.05) is 13.1 Å². The largest absolute Gasteiger partial charge is 0.372 e. The zero-order valence-electron chi connectivity index (χ0n) is 32.9. The molecule has 2 aliphatic rings. The number of benzene rings is 6. The lowest BCUT2D eigenvalue weighted by atomic mass is 10.0. The summed E-state index contributed by atoms with van der Waals surface area (Å²) in [5.74, 6) is -0.685. The van der Waals surface area contributed by atoms with Crippen LogP contribution in [0.25, 0.3) is 22.3 Å². The van der Waals surface area contributed by atoms with Crippen molar-refractivity contribution in [3.63, 3.8) is 0 Å². The molecule has 0 bridgehead atoms. The average molecular weight is 783 g/mol. The van der Waals surface area contributed by atoms with Crippen LogP contribution in [0.15, 0.2) is 158 Å². The molecule has 9 nitrogen and oxygen atoms in total. The normalized spacial score (nSPS) is 15.3. The molecule has 0 saturated carbocycles. The first-order valence-electron chi connectivity index (χ1n) is 20.0. The van der Waals surface area contributed by atoms with E-state index in [-0.39, 0.29) is 62.9 Å². The zero-order valence-corrected chi connectivity index (χ0v) is 32.9. The number of hydrogen-bond acceptors (Lipinski definition) is 7. The van der Waals surface area contributed by atoms with E-state index in [2.05, 4.69) is 48.5 Å². The number of amides is 4. The summed E-state index contributed by atoms with van der Waals surface area (Å²) in [5.41, 5.74) is 10.4. The fourth-order valence-corrected chi connectivity index (χ4v) is 7.60. The van der Waals surface area contributed by atoms with Gasteiger partial charge in [0.25, 0.3) is 0 Å². The molecule has 0 spiro atoms. The van der Waals surface area contributed by atoms with E-state index < -0.39 is 0 Å². The number of nitrogens with zero attached hydrogens (tertiary/aromatic N) is 4. The Kier molecular flexibility index (Phi) is 12.2. The highest BCUT2D eigenvalue weighted by atomic mass is 16.5. The SMILES string of the molecule is O=C1CN(Cc2ccccc2)CC(=O)N1Cc1ccc(-c2ccc(COCc3ccc(-c4ccc(CN5C(=O)CN(Cc6ccccc6)CC5=O)cc4)cc3)cc2)cc1. The summed E-state index contributed by atoms with van der Waals surface area (Å²) in [6.07, 6.45) is 0. The maximum Gasteiger partial charge on any atom is 0.243 e. The summed E-state index contributed by atoms with van der Waals surface area (Å²) in [7, 11) is 0. The molecule has 8 rings (SSSR count). The number of carbonyl (C=O) groups is 4. The third kappa shape index (κ3) is 10.1. The molecule has 6 aromatic carbocycles. The van der Waals surface area contributed by atoms with Crippen molar-refractivity contribution < 1.29 is 23.9 Å². The first-order chi connectivity index (χ1) is 28.8. The highest BCUT2D eigenvalue weighted by Gasteiger charge is 2.32. The predicted molar refractivity (Wildman–Crippen MR) is 227 cm³/mol. The van der Waals surface area contributed by atoms with Crippen LogP contribution in [0.1, 0.15) is 33.4 Å². The van der Waals surface area contributed by atoms with E-state index >= 15 is 0 Å². The lowest BCUT2D eigenvalue weighted by Gasteiger charge is -2.32. The molecule has 6 aromatic rings. The number of piperazine rings is 2. The van der Waals surface area contributed by atoms with Crippen LogP contribution in [0.3, 0.4) is 0 Å². The van der Waals surface area contributed by atoms with Gasteiger partial charge in [-0.1, -0.05) is 158 Å². The average Bonchev–Trinajstić information content (AvgIpc) is 3.25. The Hall–Kier alpha value is -6.52. The highest BCUT2D eigenvalue weighted by Crippen LogP contribution is 2.24. The molecule has 2 saturated heterocycles. The van der Waals surface area contributed by atoms with Crippen LogP contribution in [0, 0.1) is 0 Å². The van der Waals surface area contributed by atoms with Gasteiger partial charge < -0.3 is 4.74 Å². The zero-order chi connectivity index (χ0) is 40.6. The summed E-state index contributed by atoms with van der Waals surface area (Å²) >= 11 is 0. The molecular weight excluding hydrogens is 737 g/mol. The van der Waals surface area contributed by atoms with Gasteiger partial charge in [0.2, 0.25) is 23.6 Å². The lowest BCUT2D eigenvalue weighted by molar-refractivity contribution is -0.153. The minimum absolute atomic E-state index is 0.171. The summed E-state index contributed by atoms with van der Waals surface area (Å²) in [4.78, 5) is 58.1. The molecule has 9 heteroatoms. The van der Waals surface area contributed by atoms with Gasteiger partial charge in [-0.3, -0.25) is 38.8 Å². The highest BCUT2D eigenvalue weighted by molar-refractivity contribution is 6.00. The fourth-order valence-electron chi connectivity index (χ4n) is 7.60. The Morgan fingerprint density at radius 1 is 0.322 bits per heavy atom. The molecule has 2 heterocycles. The van der Waals surface area contributed by atoms with E-state index in [4.69, 9.17) is 4.74 Å². The van der Waals surface area contributed by atoms with Crippen LogP contribution in [0.5, 0.6) is 0 Å². The molecule has 0 atom stereocenters. The molecule has 0 N–H and O–H groups in total. The van der Waals surface area contributed by atoms with Gasteiger partial charge in [0.1, 0.15) is 0 Å². The molecule has 2 fully saturated rings. The van der Waals surface area contributed by atoms with Crippen molar-refractivity contribution in [3.8, 4) is 22.3 Å². The van der Waals surface area contributed by atoms with E-state index in [0.29, 0.717) is 26.3 Å². The van der Waals surface area contributed by atoms with Gasteiger partial charge >= 0.3 is 0 Å². The second-order valence-electron chi connectivity index (χ2n) is 15.3. The molecule has 0 aromatic heterocycles. The summed E-state index contributed by atoms with van der Waals surface area (Å²) in [6.45, 7) is 3.56. The Morgan fingerprint density at radius 3 is 0.898 bits per heavy atom. The van der Waals surface area contributed by atoms with Crippen LogP contribution in [0.2, 0.25) is 0 Å². The lowest BCUT2D eigenvalue weighted by Crippen LogP contribution is -2.53. The van der Waals surface area contributed by atoms with Gasteiger partial charge in [-0.05, 0) is 55.6 Å². The Morgan fingerprint density at radius 2 is 0.593 bits per heavy atom. The molecule has 296 valence electrons. The number of ether oxygens (including phenoxy) is 1. The Balaban J connectivity index is 0.770. The first kappa shape index (κ1) is 39.3. The molecular formula is C50H46N4O5. The minimum atomic E-state index is -0.171. The van der Waals surface area contributed by atoms with E-state index in [9.17, 15) is 19.2 Å². The molecule has 0 unspecified atom stereocenters. The van der Waals surface area contributed by atoms with Gasteiger partial charge in [-0.25, -0.2) is 0 Å². The van der Waals surface area contributed by atoms with Gasteiger partial charge in [0.15, 0.2) is 0 Å². The van der Waals surface area contributed by atoms with Crippen molar-refractivity contribution in [1.29, 1.82) is 0 Å². The van der Waals surface area contributed by atoms with Crippen LogP contribution in [0.4, 0.5) is 0 Å². The number of hydrogen-bond donors (Lipinski definition) is 0. The van der Waals surface area contributed by atoms with Gasteiger partial charge in [-0.2, -0.15) is 0 Å². The summed E-state index contributed by atoms with van der Waals surface area (Å²) in [5, 5.41) is 0. The third-order valence-electron chi connectivity index (χ3n) is 10.8. The standard InChI is InChI=1S/C50H46N4O5/c55-47-31-51(27-37-7-3-1-4-8-37)32-48(56)53(47)29-39-11-19-43(20-12-39)45-23-15-41(16-24-45)35-59-36-42-17-25-46(26-18-42)44-21-13-40(14-22-44)30-54-49(57)33-52(34-50(54)58)28-38-9-5-2-6-10-38/h1-26H,27-36H2. The van der Waals surface area contributed by atoms with Crippen LogP contribution >= 0.6 is 0 Å². The summed E-state index contributed by atoms with van der Waals surface area (Å²) in [6, 6.07) is 52.4. The predicted octanol–water partition coefficient (Wildman–Crippen LogP) is 7.48. The third-order valence-corrected chi connectivity index (χ3v) is 10.8. The molecule has 59 heavy (non-hydrogen) atoms. The smallest absolute Gasteiger partial charge is 0.243 e. The van der Waals surface area contributed by atoms with Crippen LogP contribution in [-0.2, 0) is 63.3 Å². The maximum atomic E-state index is 12.9. The minimum Gasteiger partial charge on any atom is -0.372 e. The second kappa shape index (κ2) is 18.4. The first-order valence-corrected chi connectivity index (χ1v) is 20.0. The summed E-state index contributed by atoms with van der Waals surface area (Å²) < 4.78 is 6.05. The van der Waals surface area contributed by atoms with E-state index in [1.54, 1.807) is 0 Å². The molecule has 2 aliphatic heterocycles. The van der Waals surface area contributed by atoms with E-state index in [1.165, 1.54) is 9.80 Å². The van der Waals surface area contributed by atoms with Crippen molar-refractivity contribution in [2.75, 3.05) is 26.2 Å². The van der Waals surface area contributed by atoms with Crippen molar-refractivity contribution in [2.24, 2.45) is 0 Å². The van der Waals surface area contributed by atoms with Crippen molar-refractivity contribution in [2.45, 2.75) is 39.4 Å². The van der Waals surface area contributed by atoms with Crippen LogP contribution in [-0.4, -0.2) is 69.4 Å². The number of carbonyl (C=O) groups excluding carboxylic acids is 4. The van der Waals surface area contributed by atoms with Crippen molar-refractivity contribution in [1.82, 2.24) is 19.6 Å². The molecule has 4 amide bonds. The van der Waals surface area contributed by atoms with E-state index in [1.807, 2.05) is 119 Å². The Labute approximate surface area is 345 Å². The monoisotopic (exact) mass is 782 g/mol. The topological polar surface area (TPSA) is 90.5 Å². The Bertz CT molecular complexity index is 2180. The second-order valence-corrected chi connectivity index (χ2v) is 15.3. The number of imide groups is 2. The van der Waals surface area contributed by atoms with Crippen LogP contribution < -0.4 is 0 Å².